The van der Waals surface area contributed by atoms with Crippen molar-refractivity contribution in [3.8, 4) is 0 Å². The van der Waals surface area contributed by atoms with Gasteiger partial charge in [0.15, 0.2) is 0 Å². The molecule has 0 bridgehead atoms. The van der Waals surface area contributed by atoms with Gasteiger partial charge in [0, 0.05) is 34.1 Å². The van der Waals surface area contributed by atoms with Gasteiger partial charge in [-0.1, -0.05) is 0 Å². The zero-order valence-corrected chi connectivity index (χ0v) is 8.28. The van der Waals surface area contributed by atoms with Gasteiger partial charge in [0.2, 0.25) is 5.91 Å². The Morgan fingerprint density at radius 2 is 1.77 bits per heavy atom. The molecular weight excluding hydrogens is 172 g/mol. The SMILES string of the molecule is CN(C)C(=O)CCCN(C)C(=O)O. The van der Waals surface area contributed by atoms with Gasteiger partial charge in [0.05, 0.1) is 0 Å². The van der Waals surface area contributed by atoms with Crippen LogP contribution >= 0.6 is 0 Å². The Bertz CT molecular complexity index is 192. The van der Waals surface area contributed by atoms with Crippen molar-refractivity contribution in [3.05, 3.63) is 0 Å². The van der Waals surface area contributed by atoms with Crippen LogP contribution in [0.25, 0.3) is 0 Å². The molecule has 0 aromatic carbocycles. The normalized spacial score (nSPS) is 9.46. The molecule has 0 aliphatic rings. The maximum absolute atomic E-state index is 11.1. The number of rotatable bonds is 4. The highest BCUT2D eigenvalue weighted by Crippen LogP contribution is 1.96. The Kier molecular flexibility index (Phi) is 4.87. The van der Waals surface area contributed by atoms with Crippen LogP contribution in [-0.2, 0) is 4.79 Å². The lowest BCUT2D eigenvalue weighted by atomic mass is 10.3. The second kappa shape index (κ2) is 5.40. The molecule has 0 rings (SSSR count). The van der Waals surface area contributed by atoms with Gasteiger partial charge in [0.25, 0.3) is 0 Å². The molecule has 0 atom stereocenters. The van der Waals surface area contributed by atoms with Crippen molar-refractivity contribution in [1.82, 2.24) is 9.80 Å². The van der Waals surface area contributed by atoms with Crippen molar-refractivity contribution in [1.29, 1.82) is 0 Å². The van der Waals surface area contributed by atoms with Crippen LogP contribution in [0.4, 0.5) is 4.79 Å². The van der Waals surface area contributed by atoms with E-state index in [0.717, 1.165) is 0 Å². The predicted molar refractivity (Wildman–Crippen MR) is 48.6 cm³/mol. The number of hydrogen-bond acceptors (Lipinski definition) is 2. The lowest BCUT2D eigenvalue weighted by Crippen LogP contribution is -2.27. The van der Waals surface area contributed by atoms with E-state index in [0.29, 0.717) is 19.4 Å². The van der Waals surface area contributed by atoms with Gasteiger partial charge in [0.1, 0.15) is 0 Å². The van der Waals surface area contributed by atoms with Gasteiger partial charge in [-0.15, -0.1) is 0 Å². The third-order valence-electron chi connectivity index (χ3n) is 1.71. The quantitative estimate of drug-likeness (QED) is 0.697. The maximum Gasteiger partial charge on any atom is 0.407 e. The molecule has 5 heteroatoms. The summed E-state index contributed by atoms with van der Waals surface area (Å²) in [5, 5.41) is 8.49. The largest absolute Gasteiger partial charge is 0.465 e. The fraction of sp³-hybridized carbons (Fsp3) is 0.750. The van der Waals surface area contributed by atoms with Crippen molar-refractivity contribution >= 4 is 12.0 Å². The Hall–Kier alpha value is -1.26. The van der Waals surface area contributed by atoms with Gasteiger partial charge in [-0.3, -0.25) is 4.79 Å². The highest BCUT2D eigenvalue weighted by molar-refractivity contribution is 5.75. The first-order chi connectivity index (χ1) is 5.95. The lowest BCUT2D eigenvalue weighted by Gasteiger charge is -2.13. The second-order valence-corrected chi connectivity index (χ2v) is 3.10. The molecule has 0 aliphatic heterocycles. The van der Waals surface area contributed by atoms with E-state index < -0.39 is 6.09 Å². The Labute approximate surface area is 77.9 Å². The number of amides is 2. The summed E-state index contributed by atoms with van der Waals surface area (Å²) in [4.78, 5) is 24.1. The van der Waals surface area contributed by atoms with Crippen molar-refractivity contribution in [3.63, 3.8) is 0 Å². The molecule has 0 saturated carbocycles. The summed E-state index contributed by atoms with van der Waals surface area (Å²) in [6.07, 6.45) is 0.00190. The average Bonchev–Trinajstić information content (AvgIpc) is 2.03. The molecule has 0 unspecified atom stereocenters. The summed E-state index contributed by atoms with van der Waals surface area (Å²) in [6, 6.07) is 0. The number of carbonyl (C=O) groups is 2. The van der Waals surface area contributed by atoms with Crippen LogP contribution in [0.1, 0.15) is 12.8 Å². The number of hydrogen-bond donors (Lipinski definition) is 1. The molecule has 76 valence electrons. The van der Waals surface area contributed by atoms with Crippen molar-refractivity contribution in [2.24, 2.45) is 0 Å². The third-order valence-corrected chi connectivity index (χ3v) is 1.71. The summed E-state index contributed by atoms with van der Waals surface area (Å²) < 4.78 is 0. The van der Waals surface area contributed by atoms with E-state index in [1.165, 1.54) is 16.8 Å². The minimum Gasteiger partial charge on any atom is -0.465 e. The second-order valence-electron chi connectivity index (χ2n) is 3.10. The van der Waals surface area contributed by atoms with E-state index in [1.807, 2.05) is 0 Å². The van der Waals surface area contributed by atoms with Crippen LogP contribution in [-0.4, -0.2) is 54.6 Å². The Morgan fingerprint density at radius 3 is 2.15 bits per heavy atom. The van der Waals surface area contributed by atoms with E-state index in [2.05, 4.69) is 0 Å². The van der Waals surface area contributed by atoms with Crippen molar-refractivity contribution in [2.75, 3.05) is 27.7 Å². The molecule has 0 fully saturated rings. The minimum atomic E-state index is -0.961. The standard InChI is InChI=1S/C8H16N2O3/c1-9(2)7(11)5-4-6-10(3)8(12)13/h4-6H2,1-3H3,(H,12,13). The number of carbonyl (C=O) groups excluding carboxylic acids is 1. The van der Waals surface area contributed by atoms with Crippen molar-refractivity contribution in [2.45, 2.75) is 12.8 Å². The van der Waals surface area contributed by atoms with Gasteiger partial charge >= 0.3 is 6.09 Å². The summed E-state index contributed by atoms with van der Waals surface area (Å²) in [7, 11) is 4.86. The molecule has 0 aromatic rings. The highest BCUT2D eigenvalue weighted by atomic mass is 16.4. The Balaban J connectivity index is 3.56. The smallest absolute Gasteiger partial charge is 0.407 e. The summed E-state index contributed by atoms with van der Waals surface area (Å²) in [6.45, 7) is 0.398. The number of carboxylic acid groups (broad SMARTS) is 1. The van der Waals surface area contributed by atoms with E-state index in [1.54, 1.807) is 14.1 Å². The minimum absolute atomic E-state index is 0.0267. The predicted octanol–water partition coefficient (Wildman–Crippen LogP) is 0.465. The molecule has 0 aromatic heterocycles. The van der Waals surface area contributed by atoms with E-state index in [9.17, 15) is 9.59 Å². The van der Waals surface area contributed by atoms with Crippen LogP contribution < -0.4 is 0 Å². The van der Waals surface area contributed by atoms with E-state index in [-0.39, 0.29) is 5.91 Å². The molecule has 0 radical (unpaired) electrons. The van der Waals surface area contributed by atoms with Crippen LogP contribution in [0.5, 0.6) is 0 Å². The van der Waals surface area contributed by atoms with E-state index in [4.69, 9.17) is 5.11 Å². The first kappa shape index (κ1) is 11.7. The van der Waals surface area contributed by atoms with Crippen molar-refractivity contribution < 1.29 is 14.7 Å². The highest BCUT2D eigenvalue weighted by Gasteiger charge is 2.07. The van der Waals surface area contributed by atoms with Gasteiger partial charge < -0.3 is 14.9 Å². The Morgan fingerprint density at radius 1 is 1.23 bits per heavy atom. The summed E-state index contributed by atoms with van der Waals surface area (Å²) in [5.74, 6) is 0.0267. The lowest BCUT2D eigenvalue weighted by molar-refractivity contribution is -0.128. The van der Waals surface area contributed by atoms with Crippen LogP contribution in [0, 0.1) is 0 Å². The van der Waals surface area contributed by atoms with Crippen LogP contribution in [0.2, 0.25) is 0 Å². The topological polar surface area (TPSA) is 60.9 Å². The zero-order valence-electron chi connectivity index (χ0n) is 8.28. The van der Waals surface area contributed by atoms with Crippen LogP contribution in [0.3, 0.4) is 0 Å². The molecule has 13 heavy (non-hydrogen) atoms. The maximum atomic E-state index is 11.1. The fourth-order valence-corrected chi connectivity index (χ4v) is 0.787. The molecule has 2 amide bonds. The monoisotopic (exact) mass is 188 g/mol. The van der Waals surface area contributed by atoms with Crippen LogP contribution in [0.15, 0.2) is 0 Å². The van der Waals surface area contributed by atoms with E-state index >= 15 is 0 Å². The molecular formula is C8H16N2O3. The number of nitrogens with zero attached hydrogens (tertiary/aromatic N) is 2. The molecule has 0 spiro atoms. The molecule has 0 saturated heterocycles. The van der Waals surface area contributed by atoms with Gasteiger partial charge in [-0.2, -0.15) is 0 Å². The molecule has 5 nitrogen and oxygen atoms in total. The average molecular weight is 188 g/mol. The van der Waals surface area contributed by atoms with Gasteiger partial charge in [-0.25, -0.2) is 4.79 Å². The molecule has 0 heterocycles. The molecule has 1 N–H and O–H groups in total. The zero-order chi connectivity index (χ0) is 10.4. The first-order valence-corrected chi connectivity index (χ1v) is 4.09. The van der Waals surface area contributed by atoms with Gasteiger partial charge in [-0.05, 0) is 6.42 Å². The first-order valence-electron chi connectivity index (χ1n) is 4.09. The summed E-state index contributed by atoms with van der Waals surface area (Å²) in [5.41, 5.74) is 0. The third kappa shape index (κ3) is 5.05. The summed E-state index contributed by atoms with van der Waals surface area (Å²) >= 11 is 0. The molecule has 0 aliphatic carbocycles. The fourth-order valence-electron chi connectivity index (χ4n) is 0.787.